The van der Waals surface area contributed by atoms with Crippen LogP contribution in [-0.4, -0.2) is 54.1 Å². The summed E-state index contributed by atoms with van der Waals surface area (Å²) < 4.78 is 11.3. The quantitative estimate of drug-likeness (QED) is 0.402. The number of nitrogens with one attached hydrogen (secondary N) is 1. The summed E-state index contributed by atoms with van der Waals surface area (Å²) >= 11 is 0. The molecule has 1 saturated heterocycles. The van der Waals surface area contributed by atoms with Gasteiger partial charge >= 0.3 is 11.9 Å². The van der Waals surface area contributed by atoms with E-state index < -0.39 is 11.5 Å². The van der Waals surface area contributed by atoms with Gasteiger partial charge in [-0.1, -0.05) is 42.5 Å². The van der Waals surface area contributed by atoms with Gasteiger partial charge in [0.1, 0.15) is 6.61 Å². The number of likely N-dealkylation sites (tertiary alicyclic amines) is 1. The number of ether oxygens (including phenoxy) is 2. The Bertz CT molecular complexity index is 1090. The zero-order chi connectivity index (χ0) is 25.6. The number of nitrogens with zero attached hydrogens (tertiary/aromatic N) is 1. The number of amides is 1. The molecular weight excluding hydrogens is 456 g/mol. The molecule has 2 aromatic carbocycles. The van der Waals surface area contributed by atoms with E-state index in [1.165, 1.54) is 0 Å². The molecule has 2 aromatic rings. The minimum Gasteiger partial charge on any atom is -0.462 e. The summed E-state index contributed by atoms with van der Waals surface area (Å²) in [7, 11) is 0. The van der Waals surface area contributed by atoms with E-state index in [0.717, 1.165) is 49.9 Å². The largest absolute Gasteiger partial charge is 0.462 e. The number of hydrogen-bond acceptors (Lipinski definition) is 5. The van der Waals surface area contributed by atoms with Crippen molar-refractivity contribution in [1.29, 1.82) is 0 Å². The Morgan fingerprint density at radius 3 is 2.25 bits per heavy atom. The van der Waals surface area contributed by atoms with Crippen molar-refractivity contribution in [1.82, 2.24) is 0 Å². The summed E-state index contributed by atoms with van der Waals surface area (Å²) in [6, 6.07) is 15.0. The third-order valence-corrected chi connectivity index (χ3v) is 7.66. The van der Waals surface area contributed by atoms with E-state index in [2.05, 4.69) is 5.32 Å². The maximum Gasteiger partial charge on any atom is 0.362 e. The van der Waals surface area contributed by atoms with Crippen LogP contribution in [-0.2, 0) is 25.7 Å². The molecule has 1 aliphatic heterocycles. The first-order valence-electron chi connectivity index (χ1n) is 13.0. The summed E-state index contributed by atoms with van der Waals surface area (Å²) in [5.41, 5.74) is 1.90. The molecule has 1 N–H and O–H groups in total. The molecule has 4 rings (SSSR count). The van der Waals surface area contributed by atoms with Gasteiger partial charge in [0.05, 0.1) is 30.9 Å². The predicted octanol–water partition coefficient (Wildman–Crippen LogP) is 4.78. The fraction of sp³-hybridized carbons (Fsp3) is 0.483. The highest BCUT2D eigenvalue weighted by molar-refractivity contribution is 6.05. The van der Waals surface area contributed by atoms with Crippen LogP contribution in [0, 0.1) is 6.92 Å². The second kappa shape index (κ2) is 11.2. The van der Waals surface area contributed by atoms with E-state index in [-0.39, 0.29) is 31.6 Å². The van der Waals surface area contributed by atoms with Crippen LogP contribution in [0.25, 0.3) is 0 Å². The first-order valence-corrected chi connectivity index (χ1v) is 13.0. The third-order valence-electron chi connectivity index (χ3n) is 7.66. The summed E-state index contributed by atoms with van der Waals surface area (Å²) in [6.45, 7) is 5.84. The standard InChI is InChI=1S/C29H36N2O5/c1-3-35-27(33)24-15-11-12-22(2)26(24)30-28(34)29(16-17-29)31(18-9-4-5-10-19-31)20-25(32)36-21-23-13-7-6-8-14-23/h6-8,11-15H,3-5,9-10,16-21H2,1-2H3/p+1. The second-order valence-electron chi connectivity index (χ2n) is 10.0. The number of rotatable bonds is 9. The molecule has 1 heterocycles. The molecule has 1 saturated carbocycles. The number of hydrogen-bond donors (Lipinski definition) is 1. The summed E-state index contributed by atoms with van der Waals surface area (Å²) in [6.07, 6.45) is 5.57. The van der Waals surface area contributed by atoms with Crippen LogP contribution in [0.5, 0.6) is 0 Å². The second-order valence-corrected chi connectivity index (χ2v) is 10.0. The van der Waals surface area contributed by atoms with Crippen molar-refractivity contribution in [3.63, 3.8) is 0 Å². The lowest BCUT2D eigenvalue weighted by Gasteiger charge is -2.43. The first-order chi connectivity index (χ1) is 17.4. The SMILES string of the molecule is CCOC(=O)c1cccc(C)c1NC(=O)C1([N+]2(CC(=O)OCc3ccccc3)CCCCCC2)CC1. The Morgan fingerprint density at radius 2 is 1.61 bits per heavy atom. The van der Waals surface area contributed by atoms with E-state index in [9.17, 15) is 14.4 Å². The first kappa shape index (κ1) is 25.9. The molecular formula is C29H37N2O5+. The normalized spacial score (nSPS) is 17.9. The Morgan fingerprint density at radius 1 is 0.917 bits per heavy atom. The van der Waals surface area contributed by atoms with Crippen LogP contribution in [0.15, 0.2) is 48.5 Å². The van der Waals surface area contributed by atoms with E-state index >= 15 is 0 Å². The van der Waals surface area contributed by atoms with Crippen molar-refractivity contribution in [2.75, 3.05) is 31.6 Å². The predicted molar refractivity (Wildman–Crippen MR) is 137 cm³/mol. The lowest BCUT2D eigenvalue weighted by molar-refractivity contribution is -0.945. The van der Waals surface area contributed by atoms with Crippen LogP contribution >= 0.6 is 0 Å². The van der Waals surface area contributed by atoms with Crippen molar-refractivity contribution in [2.45, 2.75) is 64.5 Å². The van der Waals surface area contributed by atoms with Crippen molar-refractivity contribution < 1.29 is 28.3 Å². The Labute approximate surface area is 213 Å². The molecule has 2 fully saturated rings. The van der Waals surface area contributed by atoms with E-state index in [4.69, 9.17) is 9.47 Å². The fourth-order valence-electron chi connectivity index (χ4n) is 5.54. The lowest BCUT2D eigenvalue weighted by Crippen LogP contribution is -2.64. The molecule has 36 heavy (non-hydrogen) atoms. The van der Waals surface area contributed by atoms with Crippen molar-refractivity contribution in [3.05, 3.63) is 65.2 Å². The van der Waals surface area contributed by atoms with Gasteiger partial charge in [-0.3, -0.25) is 4.79 Å². The number of aryl methyl sites for hydroxylation is 1. The maximum atomic E-state index is 13.9. The molecule has 0 radical (unpaired) electrons. The van der Waals surface area contributed by atoms with Crippen LogP contribution in [0.2, 0.25) is 0 Å². The van der Waals surface area contributed by atoms with Gasteiger partial charge in [-0.05, 0) is 56.7 Å². The molecule has 0 atom stereocenters. The topological polar surface area (TPSA) is 81.7 Å². The van der Waals surface area contributed by atoms with Gasteiger partial charge in [0.15, 0.2) is 12.1 Å². The number of esters is 2. The third kappa shape index (κ3) is 5.46. The average Bonchev–Trinajstić information content (AvgIpc) is 3.71. The Hall–Kier alpha value is -3.19. The highest BCUT2D eigenvalue weighted by atomic mass is 16.5. The molecule has 0 spiro atoms. The highest BCUT2D eigenvalue weighted by Gasteiger charge is 2.66. The number of carbonyl (C=O) groups excluding carboxylic acids is 3. The van der Waals surface area contributed by atoms with E-state index in [0.29, 0.717) is 28.6 Å². The highest BCUT2D eigenvalue weighted by Crippen LogP contribution is 2.49. The monoisotopic (exact) mass is 493 g/mol. The molecule has 0 bridgehead atoms. The average molecular weight is 494 g/mol. The summed E-state index contributed by atoms with van der Waals surface area (Å²) in [5.74, 6) is -0.854. The van der Waals surface area contributed by atoms with Gasteiger partial charge < -0.3 is 19.3 Å². The molecule has 1 amide bonds. The van der Waals surface area contributed by atoms with Crippen LogP contribution < -0.4 is 5.32 Å². The maximum absolute atomic E-state index is 13.9. The fourth-order valence-corrected chi connectivity index (χ4v) is 5.54. The number of benzene rings is 2. The van der Waals surface area contributed by atoms with E-state index in [1.54, 1.807) is 19.1 Å². The molecule has 1 aliphatic carbocycles. The summed E-state index contributed by atoms with van der Waals surface area (Å²) in [5, 5.41) is 3.09. The van der Waals surface area contributed by atoms with Gasteiger partial charge in [0.25, 0.3) is 5.91 Å². The number of anilines is 1. The van der Waals surface area contributed by atoms with Crippen LogP contribution in [0.1, 0.15) is 66.9 Å². The zero-order valence-electron chi connectivity index (χ0n) is 21.4. The molecule has 7 heteroatoms. The van der Waals surface area contributed by atoms with Gasteiger partial charge in [-0.25, -0.2) is 9.59 Å². The number of carbonyl (C=O) groups is 3. The van der Waals surface area contributed by atoms with Crippen LogP contribution in [0.3, 0.4) is 0 Å². The molecule has 2 aliphatic rings. The minimum absolute atomic E-state index is 0.125. The van der Waals surface area contributed by atoms with Crippen molar-refractivity contribution in [2.24, 2.45) is 0 Å². The number of quaternary nitrogens is 1. The van der Waals surface area contributed by atoms with Crippen molar-refractivity contribution in [3.8, 4) is 0 Å². The Balaban J connectivity index is 1.56. The van der Waals surface area contributed by atoms with Gasteiger partial charge in [-0.2, -0.15) is 0 Å². The summed E-state index contributed by atoms with van der Waals surface area (Å²) in [4.78, 5) is 39.6. The van der Waals surface area contributed by atoms with Gasteiger partial charge in [-0.15, -0.1) is 0 Å². The minimum atomic E-state index is -0.690. The molecule has 0 aromatic heterocycles. The number of para-hydroxylation sites is 1. The molecule has 0 unspecified atom stereocenters. The molecule has 192 valence electrons. The van der Waals surface area contributed by atoms with Gasteiger partial charge in [0.2, 0.25) is 0 Å². The van der Waals surface area contributed by atoms with Crippen LogP contribution in [0.4, 0.5) is 5.69 Å². The smallest absolute Gasteiger partial charge is 0.362 e. The van der Waals surface area contributed by atoms with Crippen molar-refractivity contribution >= 4 is 23.5 Å². The van der Waals surface area contributed by atoms with E-state index in [1.807, 2.05) is 43.3 Å². The molecule has 7 nitrogen and oxygen atoms in total. The lowest BCUT2D eigenvalue weighted by atomic mass is 10.0. The Kier molecular flexibility index (Phi) is 8.09. The zero-order valence-corrected chi connectivity index (χ0v) is 21.4. The van der Waals surface area contributed by atoms with Gasteiger partial charge in [0, 0.05) is 12.8 Å².